The van der Waals surface area contributed by atoms with Crippen molar-refractivity contribution in [2.75, 3.05) is 6.61 Å². The second kappa shape index (κ2) is 9.42. The molecule has 0 heterocycles. The van der Waals surface area contributed by atoms with E-state index in [1.54, 1.807) is 12.1 Å². The van der Waals surface area contributed by atoms with Crippen molar-refractivity contribution < 1.29 is 26.1 Å². The van der Waals surface area contributed by atoms with Crippen molar-refractivity contribution >= 4 is 23.1 Å². The van der Waals surface area contributed by atoms with Crippen LogP contribution in [0.1, 0.15) is 20.3 Å². The second-order valence-corrected chi connectivity index (χ2v) is 3.39. The van der Waals surface area contributed by atoms with Crippen LogP contribution < -0.4 is 21.7 Å². The van der Waals surface area contributed by atoms with E-state index >= 15 is 0 Å². The van der Waals surface area contributed by atoms with E-state index in [0.29, 0.717) is 18.3 Å². The summed E-state index contributed by atoms with van der Waals surface area (Å²) in [6.07, 6.45) is 0.943. The normalized spacial score (nSPS) is 9.07. The number of ether oxygens (including phenoxy) is 1. The SMILES string of the molecule is CC(C)CCOc1cc[c-]cc1F.[Br-].[Mg+2]. The van der Waals surface area contributed by atoms with Gasteiger partial charge in [0.25, 0.3) is 0 Å². The predicted molar refractivity (Wildman–Crippen MR) is 55.9 cm³/mol. The molecule has 0 aromatic heterocycles. The Morgan fingerprint density at radius 1 is 1.47 bits per heavy atom. The minimum absolute atomic E-state index is 0. The van der Waals surface area contributed by atoms with Crippen LogP contribution in [0, 0.1) is 17.8 Å². The number of benzene rings is 1. The van der Waals surface area contributed by atoms with E-state index in [2.05, 4.69) is 19.9 Å². The summed E-state index contributed by atoms with van der Waals surface area (Å²) >= 11 is 0. The zero-order valence-electron chi connectivity index (χ0n) is 9.09. The molecule has 0 aliphatic rings. The molecule has 15 heavy (non-hydrogen) atoms. The van der Waals surface area contributed by atoms with Gasteiger partial charge in [0, 0.05) is 11.6 Å². The average molecular weight is 285 g/mol. The standard InChI is InChI=1S/C11H14FO.BrH.Mg/c1-9(2)7-8-13-11-6-4-3-5-10(11)12;;/h4-6,9H,7-8H2,1-2H3;1H;/q-1;;+2/p-1. The number of rotatable bonds is 4. The van der Waals surface area contributed by atoms with E-state index in [4.69, 9.17) is 4.74 Å². The zero-order chi connectivity index (χ0) is 9.68. The van der Waals surface area contributed by atoms with E-state index in [9.17, 15) is 4.39 Å². The van der Waals surface area contributed by atoms with E-state index in [1.807, 2.05) is 0 Å². The Bertz CT molecular complexity index is 269. The monoisotopic (exact) mass is 284 g/mol. The second-order valence-electron chi connectivity index (χ2n) is 3.39. The summed E-state index contributed by atoms with van der Waals surface area (Å²) in [4.78, 5) is 0. The molecule has 0 amide bonds. The van der Waals surface area contributed by atoms with Crippen LogP contribution >= 0.6 is 0 Å². The van der Waals surface area contributed by atoms with Crippen LogP contribution in [0.3, 0.4) is 0 Å². The fraction of sp³-hybridized carbons (Fsp3) is 0.455. The largest absolute Gasteiger partial charge is 2.00 e. The summed E-state index contributed by atoms with van der Waals surface area (Å²) in [6, 6.07) is 7.17. The molecule has 0 N–H and O–H groups in total. The van der Waals surface area contributed by atoms with E-state index in [0.717, 1.165) is 6.42 Å². The zero-order valence-corrected chi connectivity index (χ0v) is 12.1. The van der Waals surface area contributed by atoms with Crippen molar-refractivity contribution in [3.05, 3.63) is 30.1 Å². The average Bonchev–Trinajstić information content (AvgIpc) is 2.08. The fourth-order valence-electron chi connectivity index (χ4n) is 0.917. The quantitative estimate of drug-likeness (QED) is 0.544. The fourth-order valence-corrected chi connectivity index (χ4v) is 0.917. The minimum Gasteiger partial charge on any atom is -1.00 e. The molecule has 1 nitrogen and oxygen atoms in total. The first-order chi connectivity index (χ1) is 6.20. The van der Waals surface area contributed by atoms with Crippen molar-refractivity contribution in [2.45, 2.75) is 20.3 Å². The summed E-state index contributed by atoms with van der Waals surface area (Å²) in [7, 11) is 0. The molecule has 1 aromatic carbocycles. The van der Waals surface area contributed by atoms with Crippen LogP contribution in [0.4, 0.5) is 4.39 Å². The smallest absolute Gasteiger partial charge is 1.00 e. The van der Waals surface area contributed by atoms with Crippen molar-refractivity contribution in [1.82, 2.24) is 0 Å². The van der Waals surface area contributed by atoms with Crippen LogP contribution in [0.15, 0.2) is 18.2 Å². The van der Waals surface area contributed by atoms with Gasteiger partial charge >= 0.3 is 23.1 Å². The van der Waals surface area contributed by atoms with Crippen molar-refractivity contribution in [3.8, 4) is 5.75 Å². The maximum absolute atomic E-state index is 13.0. The van der Waals surface area contributed by atoms with E-state index in [1.165, 1.54) is 6.07 Å². The number of hydrogen-bond acceptors (Lipinski definition) is 1. The molecule has 1 aromatic rings. The molecule has 0 radical (unpaired) electrons. The van der Waals surface area contributed by atoms with Crippen LogP contribution in [0.5, 0.6) is 5.75 Å². The van der Waals surface area contributed by atoms with Gasteiger partial charge in [0.1, 0.15) is 0 Å². The Hall–Kier alpha value is 0.196. The predicted octanol–water partition coefficient (Wildman–Crippen LogP) is -0.326. The van der Waals surface area contributed by atoms with Gasteiger partial charge in [0.2, 0.25) is 0 Å². The molecule has 4 heteroatoms. The molecule has 80 valence electrons. The summed E-state index contributed by atoms with van der Waals surface area (Å²) in [5.74, 6) is 0.559. The number of hydrogen-bond donors (Lipinski definition) is 0. The molecular weight excluding hydrogens is 271 g/mol. The van der Waals surface area contributed by atoms with Gasteiger partial charge in [0.15, 0.2) is 0 Å². The maximum atomic E-state index is 13.0. The van der Waals surface area contributed by atoms with Gasteiger partial charge in [-0.25, -0.2) is 0 Å². The molecule has 0 unspecified atom stereocenters. The molecule has 0 aliphatic heterocycles. The summed E-state index contributed by atoms with van der Waals surface area (Å²) in [5, 5.41) is 0. The third-order valence-corrected chi connectivity index (χ3v) is 1.73. The molecule has 0 atom stereocenters. The molecule has 0 aliphatic carbocycles. The minimum atomic E-state index is -0.341. The third-order valence-electron chi connectivity index (χ3n) is 1.73. The molecular formula is C11H14BrFMgO. The van der Waals surface area contributed by atoms with Gasteiger partial charge in [-0.05, 0) is 12.3 Å². The molecule has 0 saturated carbocycles. The first-order valence-corrected chi connectivity index (χ1v) is 4.48. The topological polar surface area (TPSA) is 9.23 Å². The van der Waals surface area contributed by atoms with Gasteiger partial charge in [-0.2, -0.15) is 12.1 Å². The third kappa shape index (κ3) is 7.14. The van der Waals surface area contributed by atoms with Crippen molar-refractivity contribution in [3.63, 3.8) is 0 Å². The van der Waals surface area contributed by atoms with Gasteiger partial charge in [-0.3, -0.25) is 4.39 Å². The number of halogens is 2. The van der Waals surface area contributed by atoms with Crippen LogP contribution in [0.25, 0.3) is 0 Å². The Morgan fingerprint density at radius 3 is 2.67 bits per heavy atom. The molecule has 0 spiro atoms. The van der Waals surface area contributed by atoms with Crippen LogP contribution in [0.2, 0.25) is 0 Å². The summed E-state index contributed by atoms with van der Waals surface area (Å²) < 4.78 is 18.2. The summed E-state index contributed by atoms with van der Waals surface area (Å²) in [5.41, 5.74) is 0. The Morgan fingerprint density at radius 2 is 2.13 bits per heavy atom. The molecule has 0 bridgehead atoms. The van der Waals surface area contributed by atoms with E-state index < -0.39 is 0 Å². The Labute approximate surface area is 117 Å². The van der Waals surface area contributed by atoms with Gasteiger partial charge < -0.3 is 21.7 Å². The van der Waals surface area contributed by atoms with E-state index in [-0.39, 0.29) is 45.9 Å². The van der Waals surface area contributed by atoms with Gasteiger partial charge in [-0.15, -0.1) is 12.1 Å². The Kier molecular flexibility index (Phi) is 11.0. The first kappa shape index (κ1) is 17.6. The molecule has 1 rings (SSSR count). The van der Waals surface area contributed by atoms with Gasteiger partial charge in [-0.1, -0.05) is 13.8 Å². The van der Waals surface area contributed by atoms with Crippen molar-refractivity contribution in [2.24, 2.45) is 5.92 Å². The summed E-state index contributed by atoms with van der Waals surface area (Å²) in [6.45, 7) is 4.79. The molecule has 0 saturated heterocycles. The first-order valence-electron chi connectivity index (χ1n) is 4.48. The van der Waals surface area contributed by atoms with Crippen LogP contribution in [-0.4, -0.2) is 29.7 Å². The van der Waals surface area contributed by atoms with Gasteiger partial charge in [0.05, 0.1) is 6.61 Å². The van der Waals surface area contributed by atoms with Crippen molar-refractivity contribution in [1.29, 1.82) is 0 Å². The Balaban J connectivity index is 0. The maximum Gasteiger partial charge on any atom is 2.00 e. The molecule has 0 fully saturated rings. The van der Waals surface area contributed by atoms with Crippen LogP contribution in [-0.2, 0) is 0 Å².